The van der Waals surface area contributed by atoms with E-state index in [1.165, 1.54) is 6.07 Å². The van der Waals surface area contributed by atoms with Crippen LogP contribution in [0.25, 0.3) is 0 Å². The SMILES string of the molecule is CCS(=O)(=O)c1ccccc1Oc1ccc(NC(=O)NCC(c2cccc(OC)c2)N(C)C)cc1. The number of hydrogen-bond acceptors (Lipinski definition) is 6. The summed E-state index contributed by atoms with van der Waals surface area (Å²) in [6, 6.07) is 20.6. The summed E-state index contributed by atoms with van der Waals surface area (Å²) in [5.41, 5.74) is 1.61. The van der Waals surface area contributed by atoms with Crippen molar-refractivity contribution in [2.24, 2.45) is 0 Å². The van der Waals surface area contributed by atoms with Gasteiger partial charge in [-0.15, -0.1) is 0 Å². The van der Waals surface area contributed by atoms with E-state index in [-0.39, 0.29) is 28.5 Å². The molecule has 35 heavy (non-hydrogen) atoms. The van der Waals surface area contributed by atoms with Crippen LogP contribution >= 0.6 is 0 Å². The van der Waals surface area contributed by atoms with E-state index in [2.05, 4.69) is 10.6 Å². The maximum Gasteiger partial charge on any atom is 0.319 e. The molecule has 0 spiro atoms. The molecule has 0 saturated heterocycles. The molecule has 9 heteroatoms. The third kappa shape index (κ3) is 6.97. The van der Waals surface area contributed by atoms with Crippen molar-refractivity contribution in [2.45, 2.75) is 17.9 Å². The van der Waals surface area contributed by atoms with Crippen molar-refractivity contribution >= 4 is 21.6 Å². The number of para-hydroxylation sites is 1. The molecule has 0 saturated carbocycles. The molecule has 3 aromatic carbocycles. The molecular weight excluding hydrogens is 466 g/mol. The van der Waals surface area contributed by atoms with Crippen LogP contribution in [0.1, 0.15) is 18.5 Å². The molecule has 1 atom stereocenters. The molecule has 0 fully saturated rings. The Morgan fingerprint density at radius 2 is 1.69 bits per heavy atom. The van der Waals surface area contributed by atoms with Crippen molar-refractivity contribution in [3.05, 3.63) is 78.4 Å². The second-order valence-corrected chi connectivity index (χ2v) is 10.3. The summed E-state index contributed by atoms with van der Waals surface area (Å²) in [6.07, 6.45) is 0. The van der Waals surface area contributed by atoms with Crippen molar-refractivity contribution in [1.82, 2.24) is 10.2 Å². The third-order valence-corrected chi connectivity index (χ3v) is 7.23. The van der Waals surface area contributed by atoms with E-state index in [9.17, 15) is 13.2 Å². The summed E-state index contributed by atoms with van der Waals surface area (Å²) in [5.74, 6) is 1.47. The van der Waals surface area contributed by atoms with E-state index in [0.717, 1.165) is 11.3 Å². The van der Waals surface area contributed by atoms with Gasteiger partial charge < -0.3 is 25.0 Å². The number of carbonyl (C=O) groups excluding carboxylic acids is 1. The fraction of sp³-hybridized carbons (Fsp3) is 0.269. The predicted octanol–water partition coefficient (Wildman–Crippen LogP) is 4.71. The highest BCUT2D eigenvalue weighted by atomic mass is 32.2. The Balaban J connectivity index is 1.61. The van der Waals surface area contributed by atoms with Crippen LogP contribution in [0.15, 0.2) is 77.7 Å². The number of rotatable bonds is 10. The summed E-state index contributed by atoms with van der Waals surface area (Å²) in [4.78, 5) is 14.7. The average Bonchev–Trinajstić information content (AvgIpc) is 2.85. The molecule has 0 radical (unpaired) electrons. The number of likely N-dealkylation sites (N-methyl/N-ethyl adjacent to an activating group) is 1. The van der Waals surface area contributed by atoms with Gasteiger partial charge in [0.15, 0.2) is 9.84 Å². The van der Waals surface area contributed by atoms with Crippen LogP contribution < -0.4 is 20.1 Å². The minimum Gasteiger partial charge on any atom is -0.497 e. The monoisotopic (exact) mass is 497 g/mol. The second-order valence-electron chi connectivity index (χ2n) is 8.07. The van der Waals surface area contributed by atoms with Crippen LogP contribution in [-0.2, 0) is 9.84 Å². The number of anilines is 1. The molecule has 0 aliphatic carbocycles. The van der Waals surface area contributed by atoms with Crippen LogP contribution in [0, 0.1) is 0 Å². The Morgan fingerprint density at radius 3 is 2.34 bits per heavy atom. The van der Waals surface area contributed by atoms with Crippen molar-refractivity contribution in [3.63, 3.8) is 0 Å². The first-order valence-corrected chi connectivity index (χ1v) is 12.8. The molecule has 186 valence electrons. The summed E-state index contributed by atoms with van der Waals surface area (Å²) in [7, 11) is 2.11. The van der Waals surface area contributed by atoms with Gasteiger partial charge in [0, 0.05) is 12.2 Å². The van der Waals surface area contributed by atoms with Gasteiger partial charge in [0.2, 0.25) is 0 Å². The van der Waals surface area contributed by atoms with Crippen molar-refractivity contribution in [1.29, 1.82) is 0 Å². The topological polar surface area (TPSA) is 97.0 Å². The van der Waals surface area contributed by atoms with Crippen LogP contribution in [0.5, 0.6) is 17.2 Å². The lowest BCUT2D eigenvalue weighted by molar-refractivity contribution is 0.243. The van der Waals surface area contributed by atoms with E-state index in [4.69, 9.17) is 9.47 Å². The quantitative estimate of drug-likeness (QED) is 0.421. The van der Waals surface area contributed by atoms with E-state index in [1.54, 1.807) is 56.5 Å². The van der Waals surface area contributed by atoms with Gasteiger partial charge in [-0.3, -0.25) is 0 Å². The second kappa shape index (κ2) is 11.7. The van der Waals surface area contributed by atoms with Gasteiger partial charge in [0.25, 0.3) is 0 Å². The lowest BCUT2D eigenvalue weighted by Crippen LogP contribution is -2.36. The standard InChI is InChI=1S/C26H31N3O5S/c1-5-35(31,32)25-12-7-6-11-24(25)34-21-15-13-20(14-16-21)28-26(30)27-18-23(29(2)3)19-9-8-10-22(17-19)33-4/h6-17,23H,5,18H2,1-4H3,(H2,27,28,30). The number of methoxy groups -OCH3 is 1. The number of benzene rings is 3. The van der Waals surface area contributed by atoms with Gasteiger partial charge in [0.1, 0.15) is 22.1 Å². The Labute approximate surface area is 206 Å². The highest BCUT2D eigenvalue weighted by Crippen LogP contribution is 2.30. The van der Waals surface area contributed by atoms with Crippen LogP contribution in [0.4, 0.5) is 10.5 Å². The zero-order valence-corrected chi connectivity index (χ0v) is 21.1. The molecule has 0 bridgehead atoms. The molecule has 8 nitrogen and oxygen atoms in total. The average molecular weight is 498 g/mol. The molecule has 2 amide bonds. The summed E-state index contributed by atoms with van der Waals surface area (Å²) in [5, 5.41) is 5.70. The number of nitrogens with zero attached hydrogens (tertiary/aromatic N) is 1. The molecule has 1 unspecified atom stereocenters. The Morgan fingerprint density at radius 1 is 0.971 bits per heavy atom. The maximum absolute atomic E-state index is 12.5. The van der Waals surface area contributed by atoms with Gasteiger partial charge in [-0.25, -0.2) is 13.2 Å². The fourth-order valence-corrected chi connectivity index (χ4v) is 4.51. The van der Waals surface area contributed by atoms with E-state index in [0.29, 0.717) is 18.0 Å². The van der Waals surface area contributed by atoms with Gasteiger partial charge in [-0.05, 0) is 68.2 Å². The third-order valence-electron chi connectivity index (χ3n) is 5.46. The summed E-state index contributed by atoms with van der Waals surface area (Å²) in [6.45, 7) is 1.99. The zero-order valence-electron chi connectivity index (χ0n) is 20.3. The highest BCUT2D eigenvalue weighted by molar-refractivity contribution is 7.91. The highest BCUT2D eigenvalue weighted by Gasteiger charge is 2.18. The smallest absolute Gasteiger partial charge is 0.319 e. The molecule has 3 aromatic rings. The Hall–Kier alpha value is -3.56. The number of ether oxygens (including phenoxy) is 2. The van der Waals surface area contributed by atoms with Crippen molar-refractivity contribution in [2.75, 3.05) is 38.8 Å². The number of amides is 2. The number of hydrogen-bond donors (Lipinski definition) is 2. The van der Waals surface area contributed by atoms with Gasteiger partial charge in [-0.2, -0.15) is 0 Å². The first kappa shape index (κ1) is 26.1. The maximum atomic E-state index is 12.5. The number of nitrogens with one attached hydrogen (secondary N) is 2. The van der Waals surface area contributed by atoms with Crippen LogP contribution in [-0.4, -0.2) is 52.9 Å². The van der Waals surface area contributed by atoms with Gasteiger partial charge in [0.05, 0.1) is 18.9 Å². The van der Waals surface area contributed by atoms with E-state index in [1.807, 2.05) is 43.3 Å². The van der Waals surface area contributed by atoms with Crippen LogP contribution in [0.2, 0.25) is 0 Å². The van der Waals surface area contributed by atoms with Gasteiger partial charge in [-0.1, -0.05) is 31.2 Å². The molecule has 3 rings (SSSR count). The predicted molar refractivity (Wildman–Crippen MR) is 137 cm³/mol. The van der Waals surface area contributed by atoms with Crippen molar-refractivity contribution < 1.29 is 22.7 Å². The number of urea groups is 1. The normalized spacial score (nSPS) is 12.1. The minimum atomic E-state index is -3.42. The van der Waals surface area contributed by atoms with Crippen LogP contribution in [0.3, 0.4) is 0 Å². The zero-order chi connectivity index (χ0) is 25.4. The minimum absolute atomic E-state index is 0.0160. The lowest BCUT2D eigenvalue weighted by atomic mass is 10.1. The summed E-state index contributed by atoms with van der Waals surface area (Å²) >= 11 is 0. The van der Waals surface area contributed by atoms with Gasteiger partial charge >= 0.3 is 6.03 Å². The van der Waals surface area contributed by atoms with Crippen molar-refractivity contribution in [3.8, 4) is 17.2 Å². The molecule has 0 heterocycles. The summed E-state index contributed by atoms with van der Waals surface area (Å²) < 4.78 is 35.8. The molecule has 0 aliphatic heterocycles. The van der Waals surface area contributed by atoms with E-state index < -0.39 is 9.84 Å². The molecular formula is C26H31N3O5S. The number of carbonyl (C=O) groups is 1. The Bertz CT molecular complexity index is 1240. The number of sulfone groups is 1. The molecule has 0 aliphatic rings. The Kier molecular flexibility index (Phi) is 8.73. The lowest BCUT2D eigenvalue weighted by Gasteiger charge is -2.25. The first-order chi connectivity index (χ1) is 16.7. The largest absolute Gasteiger partial charge is 0.497 e. The fourth-order valence-electron chi connectivity index (χ4n) is 3.49. The molecule has 2 N–H and O–H groups in total. The first-order valence-electron chi connectivity index (χ1n) is 11.2. The molecule has 0 aromatic heterocycles. The van der Waals surface area contributed by atoms with E-state index >= 15 is 0 Å².